The third-order valence-corrected chi connectivity index (χ3v) is 8.58. The molecule has 0 amide bonds. The van der Waals surface area contributed by atoms with Crippen molar-refractivity contribution >= 4 is 21.7 Å². The molecule has 10 nitrogen and oxygen atoms in total. The number of aromatic nitrogens is 4. The Bertz CT molecular complexity index is 1260. The monoisotopic (exact) mass is 497 g/mol. The minimum Gasteiger partial charge on any atom is -0.381 e. The van der Waals surface area contributed by atoms with Gasteiger partial charge in [0.05, 0.1) is 22.5 Å². The molecule has 11 heteroatoms. The number of nitrogens with zero attached hydrogens (tertiary/aromatic N) is 6. The van der Waals surface area contributed by atoms with E-state index in [1.807, 2.05) is 26.2 Å². The molecular weight excluding hydrogens is 466 g/mol. The predicted octanol–water partition coefficient (Wildman–Crippen LogP) is 2.68. The van der Waals surface area contributed by atoms with Gasteiger partial charge in [-0.15, -0.1) is 0 Å². The molecule has 0 saturated carbocycles. The van der Waals surface area contributed by atoms with Crippen molar-refractivity contribution in [2.75, 3.05) is 51.8 Å². The summed E-state index contributed by atoms with van der Waals surface area (Å²) in [5.41, 5.74) is 2.45. The number of likely N-dealkylation sites (N-methyl/N-ethyl adjacent to an activating group) is 1. The molecule has 35 heavy (non-hydrogen) atoms. The number of aryl methyl sites for hydroxylation is 1. The topological polar surface area (TPSA) is 105 Å². The van der Waals surface area contributed by atoms with Crippen molar-refractivity contribution in [2.45, 2.75) is 30.7 Å². The lowest BCUT2D eigenvalue weighted by Gasteiger charge is -2.31. The first-order valence-electron chi connectivity index (χ1n) is 11.9. The largest absolute Gasteiger partial charge is 0.381 e. The number of sulfonamides is 1. The molecule has 186 valence electrons. The van der Waals surface area contributed by atoms with Crippen molar-refractivity contribution in [3.8, 4) is 11.4 Å². The zero-order chi connectivity index (χ0) is 24.4. The van der Waals surface area contributed by atoms with Crippen LogP contribution in [-0.2, 0) is 14.8 Å². The smallest absolute Gasteiger partial charge is 0.243 e. The van der Waals surface area contributed by atoms with E-state index in [9.17, 15) is 8.42 Å². The first-order valence-corrected chi connectivity index (χ1v) is 13.4. The maximum Gasteiger partial charge on any atom is 0.243 e. The van der Waals surface area contributed by atoms with Crippen LogP contribution in [0.15, 0.2) is 47.6 Å². The molecule has 2 fully saturated rings. The van der Waals surface area contributed by atoms with Crippen molar-refractivity contribution < 1.29 is 13.2 Å². The van der Waals surface area contributed by atoms with Crippen LogP contribution < -0.4 is 5.32 Å². The van der Waals surface area contributed by atoms with Gasteiger partial charge in [0, 0.05) is 57.3 Å². The zero-order valence-corrected chi connectivity index (χ0v) is 20.9. The Kier molecular flexibility index (Phi) is 6.83. The van der Waals surface area contributed by atoms with E-state index in [0.29, 0.717) is 30.8 Å². The van der Waals surface area contributed by atoms with Gasteiger partial charge in [0.15, 0.2) is 0 Å². The summed E-state index contributed by atoms with van der Waals surface area (Å²) in [6, 6.07) is 8.96. The van der Waals surface area contributed by atoms with Crippen LogP contribution in [0.3, 0.4) is 0 Å². The summed E-state index contributed by atoms with van der Waals surface area (Å²) in [7, 11) is -1.50. The van der Waals surface area contributed by atoms with Gasteiger partial charge < -0.3 is 19.5 Å². The summed E-state index contributed by atoms with van der Waals surface area (Å²) in [5, 5.41) is 3.20. The lowest BCUT2D eigenvalue weighted by molar-refractivity contribution is 0.0694. The van der Waals surface area contributed by atoms with Gasteiger partial charge in [-0.25, -0.2) is 23.4 Å². The fraction of sp³-hybridized carbons (Fsp3) is 0.458. The fourth-order valence-corrected chi connectivity index (χ4v) is 6.05. The minimum atomic E-state index is -3.50. The Labute approximate surface area is 206 Å². The number of piperazine rings is 1. The van der Waals surface area contributed by atoms with E-state index in [2.05, 4.69) is 24.8 Å². The molecule has 2 aliphatic rings. The molecule has 0 spiro atoms. The third kappa shape index (κ3) is 5.08. The van der Waals surface area contributed by atoms with Crippen LogP contribution in [0.2, 0.25) is 0 Å². The van der Waals surface area contributed by atoms with Gasteiger partial charge in [-0.05, 0) is 57.1 Å². The second-order valence-corrected chi connectivity index (χ2v) is 11.0. The Morgan fingerprint density at radius 2 is 1.71 bits per heavy atom. The van der Waals surface area contributed by atoms with Gasteiger partial charge in [0.25, 0.3) is 0 Å². The molecule has 3 aromatic rings. The van der Waals surface area contributed by atoms with E-state index in [1.54, 1.807) is 34.8 Å². The normalized spacial score (nSPS) is 18.6. The van der Waals surface area contributed by atoms with Crippen molar-refractivity contribution in [3.63, 3.8) is 0 Å². The Hall–Kier alpha value is -2.86. The summed E-state index contributed by atoms with van der Waals surface area (Å²) >= 11 is 0. The molecule has 0 radical (unpaired) electrons. The van der Waals surface area contributed by atoms with Crippen LogP contribution in [0.5, 0.6) is 0 Å². The lowest BCUT2D eigenvalue weighted by Crippen LogP contribution is -2.46. The maximum absolute atomic E-state index is 13.0. The van der Waals surface area contributed by atoms with Crippen LogP contribution in [0, 0.1) is 6.92 Å². The molecular formula is C24H31N7O3S. The fourth-order valence-electron chi connectivity index (χ4n) is 4.63. The van der Waals surface area contributed by atoms with E-state index < -0.39 is 10.0 Å². The van der Waals surface area contributed by atoms with E-state index in [-0.39, 0.29) is 4.90 Å². The highest BCUT2D eigenvalue weighted by Crippen LogP contribution is 2.30. The van der Waals surface area contributed by atoms with E-state index in [0.717, 1.165) is 56.4 Å². The number of rotatable bonds is 6. The van der Waals surface area contributed by atoms with Crippen molar-refractivity contribution in [1.82, 2.24) is 28.7 Å². The van der Waals surface area contributed by atoms with E-state index >= 15 is 0 Å². The van der Waals surface area contributed by atoms with Crippen LogP contribution in [-0.4, -0.2) is 83.6 Å². The lowest BCUT2D eigenvalue weighted by atomic mass is 10.1. The summed E-state index contributed by atoms with van der Waals surface area (Å²) in [6.45, 7) is 5.99. The molecule has 5 rings (SSSR count). The van der Waals surface area contributed by atoms with Gasteiger partial charge in [-0.3, -0.25) is 0 Å². The summed E-state index contributed by atoms with van der Waals surface area (Å²) in [5.74, 6) is 1.40. The average Bonchev–Trinajstić information content (AvgIpc) is 3.27. The van der Waals surface area contributed by atoms with Gasteiger partial charge in [0.2, 0.25) is 16.0 Å². The molecule has 0 bridgehead atoms. The number of benzene rings is 1. The SMILES string of the molecule is Cc1ncc(-c2ccnc(Nc3ccc(S(=O)(=O)N4CCN(C)CC4)cc3)n2)n1C1CCOCC1. The summed E-state index contributed by atoms with van der Waals surface area (Å²) < 4.78 is 35.3. The number of hydrogen-bond donors (Lipinski definition) is 1. The highest BCUT2D eigenvalue weighted by molar-refractivity contribution is 7.89. The Balaban J connectivity index is 1.33. The molecule has 0 atom stereocenters. The van der Waals surface area contributed by atoms with E-state index in [1.165, 1.54) is 0 Å². The molecule has 0 aliphatic carbocycles. The highest BCUT2D eigenvalue weighted by atomic mass is 32.2. The zero-order valence-electron chi connectivity index (χ0n) is 20.1. The maximum atomic E-state index is 13.0. The minimum absolute atomic E-state index is 0.290. The van der Waals surface area contributed by atoms with Crippen molar-refractivity contribution in [3.05, 3.63) is 48.5 Å². The van der Waals surface area contributed by atoms with Gasteiger partial charge in [-0.2, -0.15) is 4.31 Å². The van der Waals surface area contributed by atoms with Crippen LogP contribution in [0.4, 0.5) is 11.6 Å². The molecule has 4 heterocycles. The predicted molar refractivity (Wildman–Crippen MR) is 133 cm³/mol. The van der Waals surface area contributed by atoms with Crippen LogP contribution >= 0.6 is 0 Å². The van der Waals surface area contributed by atoms with E-state index in [4.69, 9.17) is 9.72 Å². The van der Waals surface area contributed by atoms with Crippen molar-refractivity contribution in [1.29, 1.82) is 0 Å². The third-order valence-electron chi connectivity index (χ3n) is 6.67. The molecule has 2 saturated heterocycles. The number of imidazole rings is 1. The first-order chi connectivity index (χ1) is 16.9. The molecule has 2 aromatic heterocycles. The highest BCUT2D eigenvalue weighted by Gasteiger charge is 2.27. The standard InChI is InChI=1S/C24H31N7O3S/c1-18-26-17-23(31(18)20-8-15-34-16-9-20)22-7-10-25-24(28-22)27-19-3-5-21(6-4-19)35(32,33)30-13-11-29(2)12-14-30/h3-7,10,17,20H,8-9,11-16H2,1-2H3,(H,25,27,28). The molecule has 1 aromatic carbocycles. The second-order valence-electron chi connectivity index (χ2n) is 9.03. The first kappa shape index (κ1) is 23.9. The summed E-state index contributed by atoms with van der Waals surface area (Å²) in [6.07, 6.45) is 5.47. The quantitative estimate of drug-likeness (QED) is 0.554. The second kappa shape index (κ2) is 10.0. The number of hydrogen-bond acceptors (Lipinski definition) is 8. The van der Waals surface area contributed by atoms with Crippen LogP contribution in [0.1, 0.15) is 24.7 Å². The number of nitrogens with one attached hydrogen (secondary N) is 1. The van der Waals surface area contributed by atoms with Gasteiger partial charge in [-0.1, -0.05) is 0 Å². The average molecular weight is 498 g/mol. The Morgan fingerprint density at radius 1 is 1.00 bits per heavy atom. The molecule has 0 unspecified atom stereocenters. The number of anilines is 2. The number of ether oxygens (including phenoxy) is 1. The van der Waals surface area contributed by atoms with Crippen molar-refractivity contribution in [2.24, 2.45) is 0 Å². The molecule has 2 aliphatic heterocycles. The van der Waals surface area contributed by atoms with Gasteiger partial charge in [0.1, 0.15) is 5.82 Å². The van der Waals surface area contributed by atoms with Gasteiger partial charge >= 0.3 is 0 Å². The summed E-state index contributed by atoms with van der Waals surface area (Å²) in [4.78, 5) is 16.0. The molecule has 1 N–H and O–H groups in total. The van der Waals surface area contributed by atoms with Crippen LogP contribution in [0.25, 0.3) is 11.4 Å². The Morgan fingerprint density at radius 3 is 2.43 bits per heavy atom.